The summed E-state index contributed by atoms with van der Waals surface area (Å²) in [7, 11) is 0. The van der Waals surface area contributed by atoms with Crippen LogP contribution in [0, 0.1) is 0 Å². The first-order chi connectivity index (χ1) is 13.5. The number of hydrogen-bond acceptors (Lipinski definition) is 4. The molecule has 4 rings (SSSR count). The Balaban J connectivity index is 1.57. The van der Waals surface area contributed by atoms with Crippen molar-refractivity contribution in [3.8, 4) is 11.4 Å². The molecule has 144 valence electrons. The van der Waals surface area contributed by atoms with Gasteiger partial charge in [-0.15, -0.1) is 0 Å². The van der Waals surface area contributed by atoms with Gasteiger partial charge in [-0.3, -0.25) is 9.59 Å². The van der Waals surface area contributed by atoms with E-state index >= 15 is 0 Å². The molecular formula is C20H17F2N3O3. The van der Waals surface area contributed by atoms with Gasteiger partial charge in [0.15, 0.2) is 0 Å². The molecule has 1 aromatic carbocycles. The lowest BCUT2D eigenvalue weighted by atomic mass is 10.1. The van der Waals surface area contributed by atoms with Gasteiger partial charge in [-0.1, -0.05) is 0 Å². The van der Waals surface area contributed by atoms with E-state index in [0.717, 1.165) is 11.1 Å². The molecule has 0 saturated carbocycles. The van der Waals surface area contributed by atoms with Crippen LogP contribution in [-0.4, -0.2) is 45.8 Å². The fraction of sp³-hybridized carbons (Fsp3) is 0.250. The third-order valence-electron chi connectivity index (χ3n) is 4.85. The van der Waals surface area contributed by atoms with Gasteiger partial charge < -0.3 is 14.2 Å². The van der Waals surface area contributed by atoms with Crippen molar-refractivity contribution in [3.63, 3.8) is 0 Å². The van der Waals surface area contributed by atoms with Crippen LogP contribution in [-0.2, 0) is 4.79 Å². The number of likely N-dealkylation sites (tertiary alicyclic amines) is 1. The average Bonchev–Trinajstić information content (AvgIpc) is 3.11. The Kier molecular flexibility index (Phi) is 4.54. The monoisotopic (exact) mass is 385 g/mol. The molecule has 1 amide bonds. The van der Waals surface area contributed by atoms with E-state index in [4.69, 9.17) is 4.74 Å². The van der Waals surface area contributed by atoms with Gasteiger partial charge in [0.1, 0.15) is 11.4 Å². The summed E-state index contributed by atoms with van der Waals surface area (Å²) in [6, 6.07) is 10.5. The van der Waals surface area contributed by atoms with Gasteiger partial charge in [0.05, 0.1) is 5.56 Å². The number of amides is 1. The molecule has 8 heteroatoms. The molecule has 1 aliphatic rings. The Morgan fingerprint density at radius 3 is 2.54 bits per heavy atom. The van der Waals surface area contributed by atoms with Gasteiger partial charge in [-0.25, -0.2) is 13.8 Å². The summed E-state index contributed by atoms with van der Waals surface area (Å²) in [6.45, 7) is 0.448. The van der Waals surface area contributed by atoms with Crippen molar-refractivity contribution in [3.05, 3.63) is 54.4 Å². The molecule has 1 fully saturated rings. The van der Waals surface area contributed by atoms with E-state index in [2.05, 4.69) is 4.98 Å². The topological polar surface area (TPSA) is 64.4 Å². The summed E-state index contributed by atoms with van der Waals surface area (Å²) in [6.07, 6.45) is 2.67. The highest BCUT2D eigenvalue weighted by atomic mass is 19.3. The van der Waals surface area contributed by atoms with Crippen LogP contribution in [0.5, 0.6) is 5.75 Å². The number of alkyl halides is 2. The second-order valence-corrected chi connectivity index (χ2v) is 6.68. The molecular weight excluding hydrogens is 368 g/mol. The van der Waals surface area contributed by atoms with Crippen molar-refractivity contribution in [2.24, 2.45) is 0 Å². The normalized spacial score (nSPS) is 16.1. The molecule has 1 aliphatic heterocycles. The van der Waals surface area contributed by atoms with Crippen molar-refractivity contribution in [2.45, 2.75) is 18.8 Å². The van der Waals surface area contributed by atoms with E-state index in [0.29, 0.717) is 23.4 Å². The summed E-state index contributed by atoms with van der Waals surface area (Å²) in [5.41, 5.74) is 1.86. The van der Waals surface area contributed by atoms with Crippen LogP contribution < -0.4 is 4.74 Å². The predicted molar refractivity (Wildman–Crippen MR) is 97.8 cm³/mol. The molecule has 0 atom stereocenters. The fourth-order valence-corrected chi connectivity index (χ4v) is 3.31. The lowest BCUT2D eigenvalue weighted by molar-refractivity contribution is -0.120. The van der Waals surface area contributed by atoms with E-state index in [9.17, 15) is 18.4 Å². The largest absolute Gasteiger partial charge is 0.429 e. The number of piperidine rings is 1. The van der Waals surface area contributed by atoms with E-state index < -0.39 is 5.92 Å². The Morgan fingerprint density at radius 1 is 1.14 bits per heavy atom. The van der Waals surface area contributed by atoms with Gasteiger partial charge >= 0.3 is 0 Å². The minimum absolute atomic E-state index is 0.0418. The summed E-state index contributed by atoms with van der Waals surface area (Å²) in [4.78, 5) is 28.9. The Hall–Kier alpha value is -3.29. The van der Waals surface area contributed by atoms with E-state index in [1.807, 2.05) is 16.8 Å². The van der Waals surface area contributed by atoms with Gasteiger partial charge in [0.25, 0.3) is 18.3 Å². The van der Waals surface area contributed by atoms with Crippen molar-refractivity contribution in [1.29, 1.82) is 0 Å². The number of carbonyl (C=O) groups excluding carboxylic acids is 2. The number of rotatable bonds is 4. The van der Waals surface area contributed by atoms with Crippen LogP contribution >= 0.6 is 0 Å². The number of benzene rings is 1. The Labute approximate surface area is 159 Å². The quantitative estimate of drug-likeness (QED) is 0.646. The number of nitrogens with zero attached hydrogens (tertiary/aromatic N) is 3. The van der Waals surface area contributed by atoms with Crippen LogP contribution in [0.25, 0.3) is 16.7 Å². The van der Waals surface area contributed by atoms with Crippen molar-refractivity contribution < 1.29 is 23.1 Å². The molecule has 0 bridgehead atoms. The number of hydrogen-bond donors (Lipinski definition) is 0. The third-order valence-corrected chi connectivity index (χ3v) is 4.85. The molecule has 28 heavy (non-hydrogen) atoms. The van der Waals surface area contributed by atoms with Crippen LogP contribution in [0.1, 0.15) is 23.2 Å². The highest BCUT2D eigenvalue weighted by molar-refractivity contribution is 5.97. The molecule has 0 spiro atoms. The number of pyridine rings is 1. The first-order valence-corrected chi connectivity index (χ1v) is 8.82. The number of fused-ring (bicyclic) bond motifs is 1. The molecule has 3 aromatic rings. The molecule has 0 unspecified atom stereocenters. The molecule has 0 aliphatic carbocycles. The summed E-state index contributed by atoms with van der Waals surface area (Å²) in [5.74, 6) is -2.54. The van der Waals surface area contributed by atoms with Gasteiger partial charge in [0.2, 0.25) is 0 Å². The molecule has 2 aromatic heterocycles. The van der Waals surface area contributed by atoms with Crippen molar-refractivity contribution >= 4 is 23.4 Å². The summed E-state index contributed by atoms with van der Waals surface area (Å²) in [5, 5.41) is 0.765. The lowest BCUT2D eigenvalue weighted by Crippen LogP contribution is -2.42. The zero-order chi connectivity index (χ0) is 19.7. The fourth-order valence-electron chi connectivity index (χ4n) is 3.31. The third kappa shape index (κ3) is 3.45. The second kappa shape index (κ2) is 7.03. The summed E-state index contributed by atoms with van der Waals surface area (Å²) < 4.78 is 33.2. The first-order valence-electron chi connectivity index (χ1n) is 8.82. The highest BCUT2D eigenvalue weighted by Gasteiger charge is 2.35. The minimum Gasteiger partial charge on any atom is -0.429 e. The summed E-state index contributed by atoms with van der Waals surface area (Å²) >= 11 is 0. The number of halogens is 2. The molecule has 0 N–H and O–H groups in total. The molecule has 3 heterocycles. The standard InChI is InChI=1S/C20H17F2N3O3/c21-20(22)6-9-24(10-7-20)19(27)15-11-14-5-8-25(18(14)23-12-15)16-1-3-17(4-2-16)28-13-26/h1-5,8,11-13H,6-7,9-10H2. The van der Waals surface area contributed by atoms with Gasteiger partial charge in [-0.2, -0.15) is 0 Å². The van der Waals surface area contributed by atoms with Crippen LogP contribution in [0.3, 0.4) is 0 Å². The Morgan fingerprint density at radius 2 is 1.86 bits per heavy atom. The van der Waals surface area contributed by atoms with Crippen LogP contribution in [0.2, 0.25) is 0 Å². The lowest BCUT2D eigenvalue weighted by Gasteiger charge is -2.31. The van der Waals surface area contributed by atoms with Crippen molar-refractivity contribution in [1.82, 2.24) is 14.5 Å². The van der Waals surface area contributed by atoms with E-state index in [-0.39, 0.29) is 31.8 Å². The van der Waals surface area contributed by atoms with Gasteiger partial charge in [-0.05, 0) is 36.4 Å². The first kappa shape index (κ1) is 18.1. The average molecular weight is 385 g/mol. The smallest absolute Gasteiger partial charge is 0.298 e. The molecule has 6 nitrogen and oxygen atoms in total. The zero-order valence-corrected chi connectivity index (χ0v) is 14.8. The second-order valence-electron chi connectivity index (χ2n) is 6.68. The number of carbonyl (C=O) groups is 2. The predicted octanol–water partition coefficient (Wildman–Crippen LogP) is 3.43. The van der Waals surface area contributed by atoms with Crippen molar-refractivity contribution in [2.75, 3.05) is 13.1 Å². The molecule has 1 saturated heterocycles. The highest BCUT2D eigenvalue weighted by Crippen LogP contribution is 2.29. The van der Waals surface area contributed by atoms with E-state index in [1.54, 1.807) is 30.3 Å². The zero-order valence-electron chi connectivity index (χ0n) is 14.8. The maximum absolute atomic E-state index is 13.3. The Bertz CT molecular complexity index is 1020. The number of aromatic nitrogens is 2. The maximum atomic E-state index is 13.3. The number of ether oxygens (including phenoxy) is 1. The van der Waals surface area contributed by atoms with Gasteiger partial charge in [0, 0.05) is 49.4 Å². The van der Waals surface area contributed by atoms with E-state index in [1.165, 1.54) is 11.1 Å². The minimum atomic E-state index is -2.69. The van der Waals surface area contributed by atoms with Crippen LogP contribution in [0.4, 0.5) is 8.78 Å². The van der Waals surface area contributed by atoms with Crippen LogP contribution in [0.15, 0.2) is 48.8 Å². The SMILES string of the molecule is O=COc1ccc(-n2ccc3cc(C(=O)N4CCC(F)(F)CC4)cnc32)cc1. The maximum Gasteiger partial charge on any atom is 0.298 e. The molecule has 0 radical (unpaired) electrons.